The summed E-state index contributed by atoms with van der Waals surface area (Å²) in [7, 11) is 0. The van der Waals surface area contributed by atoms with Crippen LogP contribution >= 0.6 is 0 Å². The molecule has 0 aliphatic heterocycles. The molecule has 0 aromatic heterocycles. The molecule has 4 atom stereocenters. The molecule has 1 rings (SSSR count). The van der Waals surface area contributed by atoms with Gasteiger partial charge in [-0.25, -0.2) is 0 Å². The third-order valence-corrected chi connectivity index (χ3v) is 4.15. The van der Waals surface area contributed by atoms with E-state index in [1.807, 2.05) is 0 Å². The van der Waals surface area contributed by atoms with Gasteiger partial charge >= 0.3 is 0 Å². The lowest BCUT2D eigenvalue weighted by molar-refractivity contribution is 0.0343. The number of hydrogen-bond acceptors (Lipinski definition) is 1. The lowest BCUT2D eigenvalue weighted by Crippen LogP contribution is -2.30. The van der Waals surface area contributed by atoms with Crippen LogP contribution in [0.4, 0.5) is 0 Å². The average Bonchev–Trinajstić information content (AvgIpc) is 2.23. The van der Waals surface area contributed by atoms with E-state index in [2.05, 4.69) is 20.8 Å². The second-order valence-electron chi connectivity index (χ2n) is 5.54. The SMILES string of the molecule is CCCC1CCC(O)C(CC(C)CC)C1. The fraction of sp³-hybridized carbons (Fsp3) is 1.00. The van der Waals surface area contributed by atoms with Crippen molar-refractivity contribution in [2.45, 2.75) is 71.8 Å². The second kappa shape index (κ2) is 6.52. The molecule has 0 bridgehead atoms. The number of rotatable bonds is 5. The minimum absolute atomic E-state index is 0.00731. The maximum Gasteiger partial charge on any atom is 0.0568 e. The van der Waals surface area contributed by atoms with Gasteiger partial charge in [-0.2, -0.15) is 0 Å². The molecule has 1 aliphatic carbocycles. The summed E-state index contributed by atoms with van der Waals surface area (Å²) in [5.74, 6) is 2.27. The van der Waals surface area contributed by atoms with Crippen molar-refractivity contribution in [3.8, 4) is 0 Å². The lowest BCUT2D eigenvalue weighted by Gasteiger charge is -2.34. The van der Waals surface area contributed by atoms with E-state index >= 15 is 0 Å². The van der Waals surface area contributed by atoms with Gasteiger partial charge in [-0.05, 0) is 43.4 Å². The summed E-state index contributed by atoms with van der Waals surface area (Å²) in [6.07, 6.45) is 8.73. The van der Waals surface area contributed by atoms with Crippen LogP contribution in [0.5, 0.6) is 0 Å². The Bertz CT molecular complexity index is 167. The largest absolute Gasteiger partial charge is 0.393 e. The van der Waals surface area contributed by atoms with Gasteiger partial charge in [0.15, 0.2) is 0 Å². The molecule has 0 aromatic carbocycles. The molecule has 0 amide bonds. The molecule has 1 N–H and O–H groups in total. The van der Waals surface area contributed by atoms with Gasteiger partial charge in [-0.3, -0.25) is 0 Å². The van der Waals surface area contributed by atoms with Crippen LogP contribution in [-0.4, -0.2) is 11.2 Å². The first-order chi connectivity index (χ1) is 7.17. The van der Waals surface area contributed by atoms with Crippen molar-refractivity contribution >= 4 is 0 Å². The molecular formula is C14H28O. The predicted molar refractivity (Wildman–Crippen MR) is 65.8 cm³/mol. The maximum atomic E-state index is 10.00. The lowest BCUT2D eigenvalue weighted by atomic mass is 9.74. The minimum Gasteiger partial charge on any atom is -0.393 e. The molecule has 0 aromatic rings. The molecule has 1 fully saturated rings. The molecule has 4 unspecified atom stereocenters. The molecule has 1 aliphatic rings. The molecule has 15 heavy (non-hydrogen) atoms. The van der Waals surface area contributed by atoms with Gasteiger partial charge in [0.2, 0.25) is 0 Å². The molecule has 0 saturated heterocycles. The molecule has 0 heterocycles. The van der Waals surface area contributed by atoms with Crippen molar-refractivity contribution in [3.63, 3.8) is 0 Å². The predicted octanol–water partition coefficient (Wildman–Crippen LogP) is 4.00. The highest BCUT2D eigenvalue weighted by molar-refractivity contribution is 4.80. The Hall–Kier alpha value is -0.0400. The molecule has 1 heteroatoms. The minimum atomic E-state index is -0.00731. The van der Waals surface area contributed by atoms with E-state index in [4.69, 9.17) is 0 Å². The second-order valence-corrected chi connectivity index (χ2v) is 5.54. The van der Waals surface area contributed by atoms with E-state index in [0.717, 1.165) is 18.3 Å². The molecule has 90 valence electrons. The van der Waals surface area contributed by atoms with E-state index < -0.39 is 0 Å². The number of aliphatic hydroxyl groups excluding tert-OH is 1. The van der Waals surface area contributed by atoms with Crippen LogP contribution in [0.3, 0.4) is 0 Å². The van der Waals surface area contributed by atoms with Crippen molar-refractivity contribution in [2.24, 2.45) is 17.8 Å². The van der Waals surface area contributed by atoms with Crippen molar-refractivity contribution in [1.29, 1.82) is 0 Å². The first-order valence-electron chi connectivity index (χ1n) is 6.85. The van der Waals surface area contributed by atoms with Crippen molar-refractivity contribution in [1.82, 2.24) is 0 Å². The summed E-state index contributed by atoms with van der Waals surface area (Å²) >= 11 is 0. The van der Waals surface area contributed by atoms with Gasteiger partial charge in [-0.15, -0.1) is 0 Å². The normalized spacial score (nSPS) is 34.0. The smallest absolute Gasteiger partial charge is 0.0568 e. The summed E-state index contributed by atoms with van der Waals surface area (Å²) in [6.45, 7) is 6.84. The molecule has 1 nitrogen and oxygen atoms in total. The first-order valence-corrected chi connectivity index (χ1v) is 6.85. The van der Waals surface area contributed by atoms with Crippen molar-refractivity contribution < 1.29 is 5.11 Å². The van der Waals surface area contributed by atoms with Crippen LogP contribution in [0.1, 0.15) is 65.7 Å². The van der Waals surface area contributed by atoms with Crippen LogP contribution in [-0.2, 0) is 0 Å². The Labute approximate surface area is 95.3 Å². The van der Waals surface area contributed by atoms with Crippen molar-refractivity contribution in [3.05, 3.63) is 0 Å². The number of hydrogen-bond donors (Lipinski definition) is 1. The summed E-state index contributed by atoms with van der Waals surface area (Å²) in [4.78, 5) is 0. The quantitative estimate of drug-likeness (QED) is 0.730. The summed E-state index contributed by atoms with van der Waals surface area (Å²) < 4.78 is 0. The van der Waals surface area contributed by atoms with Crippen LogP contribution in [0.2, 0.25) is 0 Å². The van der Waals surface area contributed by atoms with E-state index in [1.165, 1.54) is 38.5 Å². The van der Waals surface area contributed by atoms with Gasteiger partial charge in [0.1, 0.15) is 0 Å². The van der Waals surface area contributed by atoms with Crippen LogP contribution in [0.25, 0.3) is 0 Å². The first kappa shape index (κ1) is 13.0. The van der Waals surface area contributed by atoms with Crippen LogP contribution in [0, 0.1) is 17.8 Å². The third-order valence-electron chi connectivity index (χ3n) is 4.15. The van der Waals surface area contributed by atoms with Gasteiger partial charge in [0.05, 0.1) is 6.10 Å². The topological polar surface area (TPSA) is 20.2 Å². The van der Waals surface area contributed by atoms with Gasteiger partial charge in [0.25, 0.3) is 0 Å². The third kappa shape index (κ3) is 4.14. The zero-order valence-corrected chi connectivity index (χ0v) is 10.7. The van der Waals surface area contributed by atoms with Gasteiger partial charge in [0, 0.05) is 0 Å². The van der Waals surface area contributed by atoms with Crippen LogP contribution < -0.4 is 0 Å². The standard InChI is InChI=1S/C14H28O/c1-4-6-12-7-8-14(15)13(10-12)9-11(3)5-2/h11-15H,4-10H2,1-3H3. The fourth-order valence-electron chi connectivity index (χ4n) is 2.95. The van der Waals surface area contributed by atoms with Gasteiger partial charge in [-0.1, -0.05) is 40.0 Å². The molecule has 0 radical (unpaired) electrons. The van der Waals surface area contributed by atoms with Crippen molar-refractivity contribution in [2.75, 3.05) is 0 Å². The Morgan fingerprint density at radius 3 is 2.60 bits per heavy atom. The Balaban J connectivity index is 2.39. The zero-order chi connectivity index (χ0) is 11.3. The summed E-state index contributed by atoms with van der Waals surface area (Å²) in [5, 5.41) is 10.00. The van der Waals surface area contributed by atoms with Crippen LogP contribution in [0.15, 0.2) is 0 Å². The highest BCUT2D eigenvalue weighted by Crippen LogP contribution is 2.35. The molecule has 1 saturated carbocycles. The highest BCUT2D eigenvalue weighted by atomic mass is 16.3. The number of aliphatic hydroxyl groups is 1. The maximum absolute atomic E-state index is 10.00. The Morgan fingerprint density at radius 1 is 1.27 bits per heavy atom. The average molecular weight is 212 g/mol. The monoisotopic (exact) mass is 212 g/mol. The summed E-state index contributed by atoms with van der Waals surface area (Å²) in [5.41, 5.74) is 0. The molecule has 0 spiro atoms. The van der Waals surface area contributed by atoms with E-state index in [0.29, 0.717) is 5.92 Å². The van der Waals surface area contributed by atoms with E-state index in [-0.39, 0.29) is 6.10 Å². The zero-order valence-electron chi connectivity index (χ0n) is 10.7. The summed E-state index contributed by atoms with van der Waals surface area (Å²) in [6, 6.07) is 0. The van der Waals surface area contributed by atoms with E-state index in [1.54, 1.807) is 0 Å². The Kier molecular flexibility index (Phi) is 5.66. The van der Waals surface area contributed by atoms with E-state index in [9.17, 15) is 5.11 Å². The van der Waals surface area contributed by atoms with Gasteiger partial charge < -0.3 is 5.11 Å². The highest BCUT2D eigenvalue weighted by Gasteiger charge is 2.29. The Morgan fingerprint density at radius 2 is 2.00 bits per heavy atom. The molecular weight excluding hydrogens is 184 g/mol. The fourth-order valence-corrected chi connectivity index (χ4v) is 2.95.